The largest absolute Gasteiger partial charge is 0.569 e. The predicted octanol–water partition coefficient (Wildman–Crippen LogP) is 4.71. The van der Waals surface area contributed by atoms with Gasteiger partial charge in [0, 0.05) is 18.4 Å². The summed E-state index contributed by atoms with van der Waals surface area (Å²) in [6, 6.07) is 12.5. The molecule has 1 N–H and O–H groups in total. The van der Waals surface area contributed by atoms with Gasteiger partial charge in [0.25, 0.3) is 16.8 Å². The highest BCUT2D eigenvalue weighted by atomic mass is 32.2. The summed E-state index contributed by atoms with van der Waals surface area (Å²) in [5, 5.41) is 20.3. The van der Waals surface area contributed by atoms with Crippen LogP contribution in [-0.4, -0.2) is 66.2 Å². The van der Waals surface area contributed by atoms with Gasteiger partial charge >= 0.3 is 18.2 Å². The maximum Gasteiger partial charge on any atom is 0.435 e. The summed E-state index contributed by atoms with van der Waals surface area (Å²) in [6.45, 7) is 4.76. The Hall–Kier alpha value is -4.87. The van der Waals surface area contributed by atoms with Crippen LogP contribution in [0.25, 0.3) is 16.9 Å². The zero-order valence-corrected chi connectivity index (χ0v) is 25.7. The van der Waals surface area contributed by atoms with Crippen molar-refractivity contribution in [1.82, 2.24) is 19.5 Å². The quantitative estimate of drug-likeness (QED) is 0.0798. The lowest BCUT2D eigenvalue weighted by Crippen LogP contribution is -2.43. The lowest BCUT2D eigenvalue weighted by Gasteiger charge is -2.27. The minimum atomic E-state index is -4.71. The molecule has 0 atom stereocenters. The molecule has 0 unspecified atom stereocenters. The number of benzene rings is 2. The summed E-state index contributed by atoms with van der Waals surface area (Å²) in [4.78, 5) is 28.3. The standard InChI is InChI=1S/C28H31F3N6O8S/c1-18(2)26(38)43-17-44-34-37(40)35-14-12-22(13-15-35)45-27(39)33-46(41,42)23-10-8-21(9-11-23)36-24(16-25(32-36)28(29,30)31)20-6-4-19(3)5-7-20/h4-11,16,18,22H,12-15,17H2,1-3H3,(H,33,39)/b37-34-. The zero-order chi connectivity index (χ0) is 33.6. The number of hydrogen-bond acceptors (Lipinski definition) is 10. The number of hydrazine groups is 1. The first kappa shape index (κ1) is 34.0. The molecule has 2 heterocycles. The normalized spacial score (nSPS) is 14.7. The Morgan fingerprint density at radius 2 is 1.74 bits per heavy atom. The molecule has 1 saturated heterocycles. The second-order valence-electron chi connectivity index (χ2n) is 10.5. The highest BCUT2D eigenvalue weighted by Gasteiger charge is 2.35. The first-order valence-electron chi connectivity index (χ1n) is 13.9. The molecule has 1 fully saturated rings. The van der Waals surface area contributed by atoms with E-state index in [1.54, 1.807) is 42.8 Å². The number of aromatic nitrogens is 2. The molecular formula is C28H31F3N6O8S. The number of carbonyl (C=O) groups excluding carboxylic acids is 2. The number of nitrogens with one attached hydrogen (secondary N) is 1. The summed E-state index contributed by atoms with van der Waals surface area (Å²) >= 11 is 0. The molecule has 1 aliphatic heterocycles. The van der Waals surface area contributed by atoms with Gasteiger partial charge in [-0.1, -0.05) is 43.7 Å². The van der Waals surface area contributed by atoms with Crippen molar-refractivity contribution in [2.24, 2.45) is 11.2 Å². The number of rotatable bonds is 10. The second-order valence-corrected chi connectivity index (χ2v) is 12.2. The van der Waals surface area contributed by atoms with Crippen molar-refractivity contribution in [2.75, 3.05) is 19.9 Å². The number of alkyl halides is 3. The predicted molar refractivity (Wildman–Crippen MR) is 153 cm³/mol. The minimum Gasteiger partial charge on any atom is -0.569 e. The van der Waals surface area contributed by atoms with Gasteiger partial charge in [0.05, 0.1) is 40.3 Å². The van der Waals surface area contributed by atoms with E-state index in [2.05, 4.69) is 15.2 Å². The average Bonchev–Trinajstić information content (AvgIpc) is 3.46. The summed E-state index contributed by atoms with van der Waals surface area (Å²) < 4.78 is 79.0. The van der Waals surface area contributed by atoms with Crippen LogP contribution >= 0.6 is 0 Å². The van der Waals surface area contributed by atoms with Crippen LogP contribution in [-0.2, 0) is 35.3 Å². The number of ether oxygens (including phenoxy) is 2. The first-order valence-corrected chi connectivity index (χ1v) is 15.4. The second kappa shape index (κ2) is 14.1. The van der Waals surface area contributed by atoms with Gasteiger partial charge in [-0.15, -0.1) is 5.01 Å². The number of esters is 1. The molecule has 1 aliphatic rings. The zero-order valence-electron chi connectivity index (χ0n) is 24.9. The van der Waals surface area contributed by atoms with Crippen molar-refractivity contribution in [2.45, 2.75) is 50.8 Å². The molecule has 0 bridgehead atoms. The van der Waals surface area contributed by atoms with E-state index in [4.69, 9.17) is 9.47 Å². The fraction of sp³-hybridized carbons (Fsp3) is 0.393. The van der Waals surface area contributed by atoms with Crippen molar-refractivity contribution in [3.05, 3.63) is 71.1 Å². The Labute approximate surface area is 261 Å². The van der Waals surface area contributed by atoms with Crippen LogP contribution in [0.5, 0.6) is 0 Å². The Morgan fingerprint density at radius 1 is 1.11 bits per heavy atom. The van der Waals surface area contributed by atoms with Crippen molar-refractivity contribution in [3.8, 4) is 16.9 Å². The molecule has 4 rings (SSSR count). The monoisotopic (exact) mass is 668 g/mol. The SMILES string of the molecule is Cc1ccc(-c2cc(C(F)(F)F)nn2-c2ccc(S(=O)(=O)NC(=O)OC3CCN(/[N+]([O-])=N/OCOC(=O)C(C)C)CC3)cc2)cc1. The van der Waals surface area contributed by atoms with Gasteiger partial charge in [0.2, 0.25) is 5.28 Å². The third kappa shape index (κ3) is 8.64. The smallest absolute Gasteiger partial charge is 0.435 e. The van der Waals surface area contributed by atoms with Crippen LogP contribution in [0.4, 0.5) is 18.0 Å². The van der Waals surface area contributed by atoms with Gasteiger partial charge in [-0.3, -0.25) is 4.79 Å². The molecule has 0 spiro atoms. The van der Waals surface area contributed by atoms with E-state index in [-0.39, 0.29) is 53.1 Å². The molecule has 0 saturated carbocycles. The van der Waals surface area contributed by atoms with Gasteiger partial charge in [-0.05, 0) is 37.3 Å². The summed E-state index contributed by atoms with van der Waals surface area (Å²) in [5.41, 5.74) is 0.553. The molecular weight excluding hydrogens is 637 g/mol. The molecule has 14 nitrogen and oxygen atoms in total. The van der Waals surface area contributed by atoms with Crippen LogP contribution < -0.4 is 4.72 Å². The number of amides is 1. The maximum absolute atomic E-state index is 13.5. The number of halogens is 3. The molecule has 46 heavy (non-hydrogen) atoms. The van der Waals surface area contributed by atoms with Crippen LogP contribution in [0, 0.1) is 18.0 Å². The maximum atomic E-state index is 13.5. The summed E-state index contributed by atoms with van der Waals surface area (Å²) in [6.07, 6.45) is -6.32. The average molecular weight is 669 g/mol. The number of piperidine rings is 1. The third-order valence-corrected chi connectivity index (χ3v) is 8.07. The van der Waals surface area contributed by atoms with Crippen LogP contribution in [0.3, 0.4) is 0 Å². The topological polar surface area (TPSA) is 167 Å². The number of sulfonamides is 1. The summed E-state index contributed by atoms with van der Waals surface area (Å²) in [5.74, 6) is -0.893. The van der Waals surface area contributed by atoms with Gasteiger partial charge in [0.15, 0.2) is 5.69 Å². The molecule has 1 aromatic heterocycles. The van der Waals surface area contributed by atoms with Gasteiger partial charge in [-0.25, -0.2) is 22.6 Å². The van der Waals surface area contributed by atoms with Gasteiger partial charge < -0.3 is 19.5 Å². The lowest BCUT2D eigenvalue weighted by molar-refractivity contribution is -0.714. The fourth-order valence-corrected chi connectivity index (χ4v) is 5.14. The Morgan fingerprint density at radius 3 is 2.33 bits per heavy atom. The number of hydrogen-bond donors (Lipinski definition) is 1. The van der Waals surface area contributed by atoms with E-state index in [9.17, 15) is 36.4 Å². The van der Waals surface area contributed by atoms with Crippen molar-refractivity contribution >= 4 is 22.1 Å². The highest BCUT2D eigenvalue weighted by molar-refractivity contribution is 7.90. The lowest BCUT2D eigenvalue weighted by atomic mass is 10.1. The molecule has 0 radical (unpaired) electrons. The van der Waals surface area contributed by atoms with E-state index in [0.29, 0.717) is 5.56 Å². The molecule has 248 valence electrons. The van der Waals surface area contributed by atoms with E-state index in [1.807, 2.05) is 6.92 Å². The summed E-state index contributed by atoms with van der Waals surface area (Å²) in [7, 11) is -4.41. The Bertz CT molecular complexity index is 1670. The van der Waals surface area contributed by atoms with Crippen molar-refractivity contribution in [1.29, 1.82) is 0 Å². The van der Waals surface area contributed by atoms with Crippen molar-refractivity contribution < 1.29 is 50.5 Å². The fourth-order valence-electron chi connectivity index (χ4n) is 4.26. The van der Waals surface area contributed by atoms with E-state index < -0.39 is 46.9 Å². The molecule has 0 aliphatic carbocycles. The molecule has 2 aromatic carbocycles. The number of carbonyl (C=O) groups is 2. The minimum absolute atomic E-state index is 0.0996. The van der Waals surface area contributed by atoms with E-state index in [1.165, 1.54) is 17.1 Å². The van der Waals surface area contributed by atoms with Crippen LogP contribution in [0.15, 0.2) is 64.8 Å². The Kier molecular flexibility index (Phi) is 10.4. The van der Waals surface area contributed by atoms with Crippen molar-refractivity contribution in [3.63, 3.8) is 0 Å². The highest BCUT2D eigenvalue weighted by Crippen LogP contribution is 2.33. The number of aryl methyl sites for hydroxylation is 1. The van der Waals surface area contributed by atoms with E-state index >= 15 is 0 Å². The van der Waals surface area contributed by atoms with E-state index in [0.717, 1.165) is 28.4 Å². The third-order valence-electron chi connectivity index (χ3n) is 6.74. The molecule has 1 amide bonds. The Balaban J connectivity index is 1.35. The van der Waals surface area contributed by atoms with Gasteiger partial charge in [0.1, 0.15) is 6.10 Å². The molecule has 3 aromatic rings. The number of nitrogens with zero attached hydrogens (tertiary/aromatic N) is 5. The first-order chi connectivity index (χ1) is 21.6. The van der Waals surface area contributed by atoms with Crippen LogP contribution in [0.1, 0.15) is 37.9 Å². The molecule has 18 heteroatoms. The van der Waals surface area contributed by atoms with Crippen LogP contribution in [0.2, 0.25) is 0 Å². The van der Waals surface area contributed by atoms with Gasteiger partial charge in [-0.2, -0.15) is 18.3 Å².